The van der Waals surface area contributed by atoms with Crippen molar-refractivity contribution in [1.29, 1.82) is 0 Å². The molecule has 32 heavy (non-hydrogen) atoms. The van der Waals surface area contributed by atoms with Crippen LogP contribution in [0.3, 0.4) is 0 Å². The SMILES string of the molecule is CCOc1cccc(/C(O)=C2\C(=O)C(=O)N(c3cccc(C)c3C)C2c2ccccn2)c1. The minimum absolute atomic E-state index is 0.00301. The van der Waals surface area contributed by atoms with Crippen molar-refractivity contribution in [3.05, 3.63) is 94.8 Å². The van der Waals surface area contributed by atoms with E-state index < -0.39 is 17.7 Å². The van der Waals surface area contributed by atoms with Crippen LogP contribution in [-0.4, -0.2) is 28.4 Å². The number of aromatic nitrogens is 1. The van der Waals surface area contributed by atoms with Gasteiger partial charge in [-0.25, -0.2) is 0 Å². The van der Waals surface area contributed by atoms with Crippen molar-refractivity contribution in [2.45, 2.75) is 26.8 Å². The molecule has 162 valence electrons. The Balaban J connectivity index is 1.94. The van der Waals surface area contributed by atoms with E-state index in [9.17, 15) is 14.7 Å². The molecular weight excluding hydrogens is 404 g/mol. The summed E-state index contributed by atoms with van der Waals surface area (Å²) in [7, 11) is 0. The number of carbonyl (C=O) groups is 2. The fourth-order valence-corrected chi connectivity index (χ4v) is 3.95. The van der Waals surface area contributed by atoms with Crippen molar-refractivity contribution in [3.8, 4) is 5.75 Å². The van der Waals surface area contributed by atoms with Crippen LogP contribution in [0, 0.1) is 13.8 Å². The summed E-state index contributed by atoms with van der Waals surface area (Å²) in [6, 6.07) is 16.9. The van der Waals surface area contributed by atoms with E-state index in [1.54, 1.807) is 54.7 Å². The number of pyridine rings is 1. The first-order chi connectivity index (χ1) is 15.4. The molecular formula is C26H24N2O4. The lowest BCUT2D eigenvalue weighted by Gasteiger charge is -2.26. The predicted octanol–water partition coefficient (Wildman–Crippen LogP) is 4.72. The predicted molar refractivity (Wildman–Crippen MR) is 123 cm³/mol. The van der Waals surface area contributed by atoms with Crippen LogP contribution in [0.2, 0.25) is 0 Å². The Labute approximate surface area is 186 Å². The lowest BCUT2D eigenvalue weighted by Crippen LogP contribution is -2.30. The largest absolute Gasteiger partial charge is 0.507 e. The van der Waals surface area contributed by atoms with Crippen molar-refractivity contribution in [2.24, 2.45) is 0 Å². The van der Waals surface area contributed by atoms with Crippen LogP contribution < -0.4 is 9.64 Å². The number of anilines is 1. The number of benzene rings is 2. The molecule has 3 aromatic rings. The van der Waals surface area contributed by atoms with Crippen LogP contribution in [-0.2, 0) is 9.59 Å². The number of Topliss-reactive ketones (excluding diaryl/α,β-unsaturated/α-hetero) is 1. The van der Waals surface area contributed by atoms with Crippen molar-refractivity contribution in [1.82, 2.24) is 4.98 Å². The van der Waals surface area contributed by atoms with Gasteiger partial charge >= 0.3 is 0 Å². The van der Waals surface area contributed by atoms with Gasteiger partial charge in [-0.15, -0.1) is 0 Å². The molecule has 2 aromatic carbocycles. The van der Waals surface area contributed by atoms with Crippen LogP contribution in [0.15, 0.2) is 72.4 Å². The van der Waals surface area contributed by atoms with Gasteiger partial charge in [0.2, 0.25) is 0 Å². The van der Waals surface area contributed by atoms with Gasteiger partial charge in [-0.3, -0.25) is 19.5 Å². The van der Waals surface area contributed by atoms with Crippen molar-refractivity contribution in [2.75, 3.05) is 11.5 Å². The van der Waals surface area contributed by atoms with E-state index >= 15 is 0 Å². The summed E-state index contributed by atoms with van der Waals surface area (Å²) >= 11 is 0. The standard InChI is InChI=1S/C26H24N2O4/c1-4-32-19-11-8-10-18(15-19)24(29)22-23(20-12-5-6-14-27-20)28(26(31)25(22)30)21-13-7-9-16(2)17(21)3/h5-15,23,29H,4H2,1-3H3/b24-22+. The molecule has 0 spiro atoms. The minimum atomic E-state index is -0.854. The van der Waals surface area contributed by atoms with Gasteiger partial charge in [-0.2, -0.15) is 0 Å². The maximum Gasteiger partial charge on any atom is 0.300 e. The molecule has 1 unspecified atom stereocenters. The van der Waals surface area contributed by atoms with Gasteiger partial charge in [-0.05, 0) is 62.2 Å². The van der Waals surface area contributed by atoms with E-state index in [0.29, 0.717) is 29.3 Å². The first-order valence-electron chi connectivity index (χ1n) is 10.5. The fraction of sp³-hybridized carbons (Fsp3) is 0.192. The van der Waals surface area contributed by atoms with Crippen molar-refractivity contribution in [3.63, 3.8) is 0 Å². The number of hydrogen-bond donors (Lipinski definition) is 1. The van der Waals surface area contributed by atoms with Crippen molar-refractivity contribution >= 4 is 23.1 Å². The number of nitrogens with zero attached hydrogens (tertiary/aromatic N) is 2. The number of aliphatic hydroxyl groups excluding tert-OH is 1. The maximum atomic E-state index is 13.2. The average Bonchev–Trinajstić information content (AvgIpc) is 3.07. The second-order valence-corrected chi connectivity index (χ2v) is 7.60. The van der Waals surface area contributed by atoms with Crippen LogP contribution in [0.4, 0.5) is 5.69 Å². The summed E-state index contributed by atoms with van der Waals surface area (Å²) in [4.78, 5) is 32.3. The number of hydrogen-bond acceptors (Lipinski definition) is 5. The zero-order chi connectivity index (χ0) is 22.8. The summed E-state index contributed by atoms with van der Waals surface area (Å²) in [6.07, 6.45) is 1.61. The van der Waals surface area contributed by atoms with Gasteiger partial charge in [0.1, 0.15) is 17.6 Å². The zero-order valence-corrected chi connectivity index (χ0v) is 18.2. The van der Waals surface area contributed by atoms with Gasteiger partial charge in [-0.1, -0.05) is 30.3 Å². The maximum absolute atomic E-state index is 13.2. The van der Waals surface area contributed by atoms with Gasteiger partial charge in [0.05, 0.1) is 17.9 Å². The first kappa shape index (κ1) is 21.3. The molecule has 0 saturated carbocycles. The van der Waals surface area contributed by atoms with Crippen molar-refractivity contribution < 1.29 is 19.4 Å². The van der Waals surface area contributed by atoms with Gasteiger partial charge in [0.15, 0.2) is 0 Å². The number of carbonyl (C=O) groups excluding carboxylic acids is 2. The average molecular weight is 428 g/mol. The zero-order valence-electron chi connectivity index (χ0n) is 18.2. The molecule has 1 N–H and O–H groups in total. The Morgan fingerprint density at radius 1 is 1.06 bits per heavy atom. The lowest BCUT2D eigenvalue weighted by atomic mass is 9.97. The number of aryl methyl sites for hydroxylation is 1. The first-order valence-corrected chi connectivity index (χ1v) is 10.5. The van der Waals surface area contributed by atoms with E-state index in [4.69, 9.17) is 4.74 Å². The van der Waals surface area contributed by atoms with Gasteiger partial charge in [0.25, 0.3) is 11.7 Å². The number of ketones is 1. The molecule has 1 aromatic heterocycles. The number of aliphatic hydroxyl groups is 1. The highest BCUT2D eigenvalue weighted by Crippen LogP contribution is 2.43. The minimum Gasteiger partial charge on any atom is -0.507 e. The number of amides is 1. The highest BCUT2D eigenvalue weighted by molar-refractivity contribution is 6.51. The molecule has 1 atom stereocenters. The quantitative estimate of drug-likeness (QED) is 0.361. The normalized spacial score (nSPS) is 17.6. The van der Waals surface area contributed by atoms with E-state index in [1.807, 2.05) is 32.9 Å². The van der Waals surface area contributed by atoms with Crippen LogP contribution in [0.25, 0.3) is 5.76 Å². The smallest absolute Gasteiger partial charge is 0.300 e. The Morgan fingerprint density at radius 3 is 2.56 bits per heavy atom. The Bertz CT molecular complexity index is 1220. The van der Waals surface area contributed by atoms with E-state index in [0.717, 1.165) is 11.1 Å². The molecule has 0 radical (unpaired) electrons. The third kappa shape index (κ3) is 3.64. The molecule has 6 heteroatoms. The summed E-state index contributed by atoms with van der Waals surface area (Å²) in [5.74, 6) is -1.14. The van der Waals surface area contributed by atoms with Crippen LogP contribution >= 0.6 is 0 Å². The monoisotopic (exact) mass is 428 g/mol. The van der Waals surface area contributed by atoms with Crippen LogP contribution in [0.5, 0.6) is 5.75 Å². The molecule has 2 heterocycles. The summed E-state index contributed by atoms with van der Waals surface area (Å²) in [5.41, 5.74) is 3.39. The van der Waals surface area contributed by atoms with E-state index in [2.05, 4.69) is 4.98 Å². The molecule has 1 amide bonds. The van der Waals surface area contributed by atoms with Gasteiger partial charge in [0, 0.05) is 17.4 Å². The lowest BCUT2D eigenvalue weighted by molar-refractivity contribution is -0.132. The van der Waals surface area contributed by atoms with E-state index in [1.165, 1.54) is 4.90 Å². The molecule has 1 aliphatic rings. The topological polar surface area (TPSA) is 79.7 Å². The molecule has 6 nitrogen and oxygen atoms in total. The molecule has 0 aliphatic carbocycles. The number of rotatable bonds is 5. The Morgan fingerprint density at radius 2 is 1.84 bits per heavy atom. The highest BCUT2D eigenvalue weighted by atomic mass is 16.5. The highest BCUT2D eigenvalue weighted by Gasteiger charge is 2.48. The molecule has 1 fully saturated rings. The summed E-state index contributed by atoms with van der Waals surface area (Å²) in [6.45, 7) is 6.19. The summed E-state index contributed by atoms with van der Waals surface area (Å²) < 4.78 is 5.53. The number of ether oxygens (including phenoxy) is 1. The summed E-state index contributed by atoms with van der Waals surface area (Å²) in [5, 5.41) is 11.2. The van der Waals surface area contributed by atoms with E-state index in [-0.39, 0.29) is 11.3 Å². The third-order valence-corrected chi connectivity index (χ3v) is 5.67. The molecule has 4 rings (SSSR count). The Kier molecular flexibility index (Phi) is 5.77. The third-order valence-electron chi connectivity index (χ3n) is 5.67. The Hall–Kier alpha value is -3.93. The second-order valence-electron chi connectivity index (χ2n) is 7.60. The molecule has 1 saturated heterocycles. The second kappa shape index (κ2) is 8.67. The fourth-order valence-electron chi connectivity index (χ4n) is 3.95. The van der Waals surface area contributed by atoms with Gasteiger partial charge < -0.3 is 9.84 Å². The van der Waals surface area contributed by atoms with Crippen LogP contribution in [0.1, 0.15) is 35.3 Å². The molecule has 0 bridgehead atoms. The molecule has 1 aliphatic heterocycles.